The number of rotatable bonds is 4. The van der Waals surface area contributed by atoms with Gasteiger partial charge in [-0.15, -0.1) is 0 Å². The topological polar surface area (TPSA) is 83.6 Å². The highest BCUT2D eigenvalue weighted by atomic mass is 79.9. The lowest BCUT2D eigenvalue weighted by atomic mass is 10.0. The van der Waals surface area contributed by atoms with E-state index in [1.807, 2.05) is 0 Å². The van der Waals surface area contributed by atoms with E-state index in [1.54, 1.807) is 19.1 Å². The third-order valence-electron chi connectivity index (χ3n) is 3.00. The van der Waals surface area contributed by atoms with Crippen molar-refractivity contribution < 1.29 is 14.7 Å². The number of carbonyl (C=O) groups excluding carboxylic acids is 1. The fourth-order valence-corrected chi connectivity index (χ4v) is 1.99. The number of hydrogen-bond acceptors (Lipinski definition) is 3. The molecule has 0 atom stereocenters. The quantitative estimate of drug-likeness (QED) is 0.831. The molecule has 1 amide bonds. The summed E-state index contributed by atoms with van der Waals surface area (Å²) in [5.41, 5.74) is 5.28. The average molecular weight is 329 g/mol. The maximum Gasteiger partial charge on any atom is 0.329 e. The summed E-state index contributed by atoms with van der Waals surface area (Å²) in [5.74, 6) is -1.40. The summed E-state index contributed by atoms with van der Waals surface area (Å²) in [5, 5.41) is 9.21. The molecule has 0 bridgehead atoms. The third-order valence-corrected chi connectivity index (χ3v) is 3.72. The second-order valence-corrected chi connectivity index (χ2v) is 5.50. The number of carbonyl (C=O) groups is 2. The molecule has 0 saturated carbocycles. The molecular weight excluding hydrogens is 312 g/mol. The summed E-state index contributed by atoms with van der Waals surface area (Å²) in [7, 11) is 0. The molecule has 0 radical (unpaired) electrons. The lowest BCUT2D eigenvalue weighted by molar-refractivity contribution is -0.147. The predicted molar refractivity (Wildman–Crippen MR) is 77.0 cm³/mol. The van der Waals surface area contributed by atoms with Crippen LogP contribution < -0.4 is 5.73 Å². The Labute approximate surface area is 120 Å². The molecule has 0 aliphatic rings. The van der Waals surface area contributed by atoms with Crippen molar-refractivity contribution in [2.45, 2.75) is 26.3 Å². The molecule has 19 heavy (non-hydrogen) atoms. The van der Waals surface area contributed by atoms with Gasteiger partial charge in [0.25, 0.3) is 5.91 Å². The van der Waals surface area contributed by atoms with Crippen LogP contribution in [-0.2, 0) is 4.79 Å². The maximum atomic E-state index is 12.4. The number of halogens is 1. The zero-order valence-electron chi connectivity index (χ0n) is 11.1. The Morgan fingerprint density at radius 3 is 2.42 bits per heavy atom. The molecule has 0 aromatic heterocycles. The van der Waals surface area contributed by atoms with Crippen LogP contribution in [0.4, 0.5) is 5.69 Å². The molecule has 0 aliphatic heterocycles. The molecule has 0 spiro atoms. The molecule has 3 N–H and O–H groups in total. The maximum absolute atomic E-state index is 12.4. The first-order valence-corrected chi connectivity index (χ1v) is 6.61. The van der Waals surface area contributed by atoms with Crippen LogP contribution in [0.15, 0.2) is 22.7 Å². The van der Waals surface area contributed by atoms with Crippen LogP contribution >= 0.6 is 15.9 Å². The smallest absolute Gasteiger partial charge is 0.329 e. The number of carboxylic acid groups (broad SMARTS) is 1. The second kappa shape index (κ2) is 5.61. The minimum Gasteiger partial charge on any atom is -0.480 e. The first kappa shape index (κ1) is 15.5. The molecule has 6 heteroatoms. The Bertz CT molecular complexity index is 515. The number of benzene rings is 1. The standard InChI is InChI=1S/C13H17BrN2O3/c1-4-16(13(2,3)12(18)19)11(17)8-5-6-9(14)10(15)7-8/h5-7H,4,15H2,1-3H3,(H,18,19). The molecule has 0 fully saturated rings. The number of hydrogen-bond donors (Lipinski definition) is 2. The Kier molecular flexibility index (Phi) is 4.57. The van der Waals surface area contributed by atoms with Crippen LogP contribution in [0.25, 0.3) is 0 Å². The number of carboxylic acids is 1. The molecule has 1 aromatic carbocycles. The molecule has 104 valence electrons. The summed E-state index contributed by atoms with van der Waals surface area (Å²) in [6.07, 6.45) is 0. The number of likely N-dealkylation sites (N-methyl/N-ethyl adjacent to an activating group) is 1. The molecule has 0 unspecified atom stereocenters. The zero-order chi connectivity index (χ0) is 14.8. The van der Waals surface area contributed by atoms with Crippen molar-refractivity contribution in [2.24, 2.45) is 0 Å². The van der Waals surface area contributed by atoms with E-state index in [-0.39, 0.29) is 5.91 Å². The van der Waals surface area contributed by atoms with E-state index < -0.39 is 11.5 Å². The number of nitrogen functional groups attached to an aromatic ring is 1. The summed E-state index contributed by atoms with van der Waals surface area (Å²) < 4.78 is 0.699. The summed E-state index contributed by atoms with van der Waals surface area (Å²) >= 11 is 3.25. The van der Waals surface area contributed by atoms with Crippen molar-refractivity contribution >= 4 is 33.5 Å². The second-order valence-electron chi connectivity index (χ2n) is 4.65. The van der Waals surface area contributed by atoms with Gasteiger partial charge < -0.3 is 15.7 Å². The number of nitrogens with two attached hydrogens (primary N) is 1. The van der Waals surface area contributed by atoms with E-state index in [4.69, 9.17) is 5.73 Å². The van der Waals surface area contributed by atoms with E-state index in [1.165, 1.54) is 24.8 Å². The van der Waals surface area contributed by atoms with Gasteiger partial charge in [0.05, 0.1) is 0 Å². The van der Waals surface area contributed by atoms with Gasteiger partial charge >= 0.3 is 5.97 Å². The van der Waals surface area contributed by atoms with Gasteiger partial charge in [-0.25, -0.2) is 4.79 Å². The van der Waals surface area contributed by atoms with E-state index in [0.29, 0.717) is 22.3 Å². The third kappa shape index (κ3) is 3.07. The highest BCUT2D eigenvalue weighted by Crippen LogP contribution is 2.23. The summed E-state index contributed by atoms with van der Waals surface area (Å²) in [6, 6.07) is 4.82. The van der Waals surface area contributed by atoms with Gasteiger partial charge in [-0.05, 0) is 54.9 Å². The van der Waals surface area contributed by atoms with Crippen molar-refractivity contribution in [3.63, 3.8) is 0 Å². The van der Waals surface area contributed by atoms with Crippen molar-refractivity contribution in [1.82, 2.24) is 4.90 Å². The number of aliphatic carboxylic acids is 1. The fraction of sp³-hybridized carbons (Fsp3) is 0.385. The minimum absolute atomic E-state index is 0.300. The van der Waals surface area contributed by atoms with Gasteiger partial charge in [-0.1, -0.05) is 0 Å². The fourth-order valence-electron chi connectivity index (χ4n) is 1.74. The predicted octanol–water partition coefficient (Wildman–Crippen LogP) is 2.36. The molecule has 1 rings (SSSR count). The van der Waals surface area contributed by atoms with Crippen LogP contribution in [0.5, 0.6) is 0 Å². The van der Waals surface area contributed by atoms with E-state index in [9.17, 15) is 14.7 Å². The highest BCUT2D eigenvalue weighted by Gasteiger charge is 2.37. The van der Waals surface area contributed by atoms with E-state index >= 15 is 0 Å². The Morgan fingerprint density at radius 2 is 2.00 bits per heavy atom. The van der Waals surface area contributed by atoms with E-state index in [0.717, 1.165) is 0 Å². The first-order valence-electron chi connectivity index (χ1n) is 5.82. The van der Waals surface area contributed by atoms with Gasteiger partial charge in [0.2, 0.25) is 0 Å². The minimum atomic E-state index is -1.27. The molecule has 0 heterocycles. The summed E-state index contributed by atoms with van der Waals surface area (Å²) in [4.78, 5) is 24.9. The molecular formula is C13H17BrN2O3. The number of anilines is 1. The molecule has 5 nitrogen and oxygen atoms in total. The lowest BCUT2D eigenvalue weighted by Crippen LogP contribution is -2.52. The van der Waals surface area contributed by atoms with Crippen LogP contribution in [-0.4, -0.2) is 34.0 Å². The molecule has 1 aromatic rings. The molecule has 0 saturated heterocycles. The van der Waals surface area contributed by atoms with Crippen LogP contribution in [0.3, 0.4) is 0 Å². The Morgan fingerprint density at radius 1 is 1.42 bits per heavy atom. The van der Waals surface area contributed by atoms with Gasteiger partial charge in [0.15, 0.2) is 0 Å². The van der Waals surface area contributed by atoms with Gasteiger partial charge in [-0.3, -0.25) is 4.79 Å². The Balaban J connectivity index is 3.15. The summed E-state index contributed by atoms with van der Waals surface area (Å²) in [6.45, 7) is 5.04. The van der Waals surface area contributed by atoms with Crippen LogP contribution in [0.2, 0.25) is 0 Å². The average Bonchev–Trinajstić information content (AvgIpc) is 2.32. The molecule has 0 aliphatic carbocycles. The van der Waals surface area contributed by atoms with Gasteiger partial charge in [0.1, 0.15) is 5.54 Å². The highest BCUT2D eigenvalue weighted by molar-refractivity contribution is 9.10. The van der Waals surface area contributed by atoms with Gasteiger partial charge in [0, 0.05) is 22.3 Å². The Hall–Kier alpha value is -1.56. The van der Waals surface area contributed by atoms with Crippen LogP contribution in [0.1, 0.15) is 31.1 Å². The lowest BCUT2D eigenvalue weighted by Gasteiger charge is -2.34. The number of amides is 1. The monoisotopic (exact) mass is 328 g/mol. The van der Waals surface area contributed by atoms with Crippen molar-refractivity contribution in [3.05, 3.63) is 28.2 Å². The van der Waals surface area contributed by atoms with Crippen molar-refractivity contribution in [1.29, 1.82) is 0 Å². The van der Waals surface area contributed by atoms with Crippen molar-refractivity contribution in [2.75, 3.05) is 12.3 Å². The number of nitrogens with zero attached hydrogens (tertiary/aromatic N) is 1. The van der Waals surface area contributed by atoms with Gasteiger partial charge in [-0.2, -0.15) is 0 Å². The first-order chi connectivity index (χ1) is 8.71. The normalized spacial score (nSPS) is 11.2. The van der Waals surface area contributed by atoms with Crippen molar-refractivity contribution in [3.8, 4) is 0 Å². The largest absolute Gasteiger partial charge is 0.480 e. The zero-order valence-corrected chi connectivity index (χ0v) is 12.7. The SMILES string of the molecule is CCN(C(=O)c1ccc(Br)c(N)c1)C(C)(C)C(=O)O. The van der Waals surface area contributed by atoms with Crippen LogP contribution in [0, 0.1) is 0 Å². The van der Waals surface area contributed by atoms with E-state index in [2.05, 4.69) is 15.9 Å².